The number of piperidine rings is 1. The van der Waals surface area contributed by atoms with E-state index in [2.05, 4.69) is 25.4 Å². The fourth-order valence-corrected chi connectivity index (χ4v) is 6.40. The number of pyridine rings is 1. The van der Waals surface area contributed by atoms with Crippen LogP contribution in [0.1, 0.15) is 65.1 Å². The molecule has 202 valence electrons. The molecule has 0 aromatic carbocycles. The van der Waals surface area contributed by atoms with Gasteiger partial charge in [0.1, 0.15) is 17.2 Å². The zero-order valence-electron chi connectivity index (χ0n) is 22.2. The second-order valence-electron chi connectivity index (χ2n) is 10.6. The first-order valence-corrected chi connectivity index (χ1v) is 13.4. The zero-order valence-corrected chi connectivity index (χ0v) is 22.2. The van der Waals surface area contributed by atoms with Crippen molar-refractivity contribution >= 4 is 23.2 Å². The molecule has 2 atom stereocenters. The standard InChI is InChI=1S/C28H28N10O2/c1-15(39)24-25(17-11-18-4-5-19(12-17)37(18)28(40)23-7-9-31-34-23)33-27-20(14-32-38(27)26(24)29)16-3-6-21(30-13-16)22-8-10-36(2)35-22/h3,6-10,13-14,17-19H,4-5,11-12,29H2,1-2H3,(H,31,34). The topological polar surface area (TPSA) is 153 Å². The Balaban J connectivity index is 1.26. The maximum atomic E-state index is 13.2. The number of nitrogens with one attached hydrogen (secondary N) is 1. The van der Waals surface area contributed by atoms with Crippen molar-refractivity contribution in [1.29, 1.82) is 0 Å². The number of nitrogens with zero attached hydrogens (tertiary/aromatic N) is 8. The highest BCUT2D eigenvalue weighted by molar-refractivity contribution is 6.00. The molecule has 12 nitrogen and oxygen atoms in total. The Labute approximate surface area is 229 Å². The van der Waals surface area contributed by atoms with E-state index >= 15 is 0 Å². The summed E-state index contributed by atoms with van der Waals surface area (Å²) >= 11 is 0. The van der Waals surface area contributed by atoms with Crippen molar-refractivity contribution in [3.8, 4) is 22.5 Å². The summed E-state index contributed by atoms with van der Waals surface area (Å²) in [5.41, 5.74) is 11.9. The SMILES string of the molecule is CC(=O)c1c(C2CC3CCC(C2)N3C(=O)c2ccn[nH]2)nc2c(-c3ccc(-c4ccn(C)n4)nc3)cnn2c1N. The summed E-state index contributed by atoms with van der Waals surface area (Å²) in [6.07, 6.45) is 10.2. The summed E-state index contributed by atoms with van der Waals surface area (Å²) in [4.78, 5) is 37.7. The molecule has 1 amide bonds. The highest BCUT2D eigenvalue weighted by Crippen LogP contribution is 2.45. The van der Waals surface area contributed by atoms with Gasteiger partial charge in [-0.25, -0.2) is 4.98 Å². The Hall–Kier alpha value is -4.87. The van der Waals surface area contributed by atoms with Crippen LogP contribution >= 0.6 is 0 Å². The van der Waals surface area contributed by atoms with Crippen molar-refractivity contribution in [2.24, 2.45) is 7.05 Å². The smallest absolute Gasteiger partial charge is 0.272 e. The Morgan fingerprint density at radius 1 is 1.05 bits per heavy atom. The van der Waals surface area contributed by atoms with Gasteiger partial charge in [0.2, 0.25) is 0 Å². The maximum absolute atomic E-state index is 13.2. The molecule has 5 aromatic rings. The van der Waals surface area contributed by atoms with E-state index in [0.29, 0.717) is 35.4 Å². The molecule has 0 saturated carbocycles. The lowest BCUT2D eigenvalue weighted by Gasteiger charge is -2.39. The number of anilines is 1. The van der Waals surface area contributed by atoms with Gasteiger partial charge in [-0.15, -0.1) is 0 Å². The van der Waals surface area contributed by atoms with Crippen LogP contribution in [0.3, 0.4) is 0 Å². The third-order valence-corrected chi connectivity index (χ3v) is 8.20. The molecular weight excluding hydrogens is 508 g/mol. The molecule has 7 heterocycles. The summed E-state index contributed by atoms with van der Waals surface area (Å²) in [7, 11) is 1.87. The van der Waals surface area contributed by atoms with E-state index in [1.807, 2.05) is 36.3 Å². The van der Waals surface area contributed by atoms with Gasteiger partial charge in [-0.1, -0.05) is 6.07 Å². The number of hydrogen-bond donors (Lipinski definition) is 2. The first-order valence-electron chi connectivity index (χ1n) is 13.4. The lowest BCUT2D eigenvalue weighted by molar-refractivity contribution is 0.0562. The predicted molar refractivity (Wildman–Crippen MR) is 146 cm³/mol. The molecule has 2 bridgehead atoms. The Morgan fingerprint density at radius 3 is 2.48 bits per heavy atom. The van der Waals surface area contributed by atoms with Gasteiger partial charge < -0.3 is 10.6 Å². The van der Waals surface area contributed by atoms with Crippen LogP contribution in [0.4, 0.5) is 5.82 Å². The predicted octanol–water partition coefficient (Wildman–Crippen LogP) is 3.25. The monoisotopic (exact) mass is 536 g/mol. The van der Waals surface area contributed by atoms with Crippen molar-refractivity contribution in [3.63, 3.8) is 0 Å². The molecular formula is C28H28N10O2. The Morgan fingerprint density at radius 2 is 1.85 bits per heavy atom. The molecule has 0 radical (unpaired) electrons. The van der Waals surface area contributed by atoms with E-state index in [4.69, 9.17) is 10.7 Å². The number of rotatable bonds is 5. The van der Waals surface area contributed by atoms with E-state index in [-0.39, 0.29) is 35.5 Å². The normalized spacial score (nSPS) is 20.4. The first-order chi connectivity index (χ1) is 19.4. The van der Waals surface area contributed by atoms with Crippen LogP contribution in [0, 0.1) is 0 Å². The molecule has 0 aliphatic carbocycles. The molecule has 5 aromatic heterocycles. The average Bonchev–Trinajstić information content (AvgIpc) is 3.75. The number of hydrogen-bond acceptors (Lipinski definition) is 8. The van der Waals surface area contributed by atoms with E-state index in [1.54, 1.807) is 29.3 Å². The minimum Gasteiger partial charge on any atom is -0.383 e. The minimum atomic E-state index is -0.149. The quantitative estimate of drug-likeness (QED) is 0.325. The molecule has 3 N–H and O–H groups in total. The third kappa shape index (κ3) is 3.78. The number of nitrogens with two attached hydrogens (primary N) is 1. The Kier molecular flexibility index (Phi) is 5.51. The van der Waals surface area contributed by atoms with Crippen LogP contribution in [0.15, 0.2) is 49.1 Å². The lowest BCUT2D eigenvalue weighted by Crippen LogP contribution is -2.46. The molecule has 2 fully saturated rings. The van der Waals surface area contributed by atoms with Gasteiger partial charge >= 0.3 is 0 Å². The number of aromatic amines is 1. The lowest BCUT2D eigenvalue weighted by atomic mass is 9.85. The van der Waals surface area contributed by atoms with Gasteiger partial charge in [0.25, 0.3) is 5.91 Å². The number of nitrogen functional groups attached to an aromatic ring is 1. The van der Waals surface area contributed by atoms with E-state index in [0.717, 1.165) is 35.4 Å². The molecule has 2 aliphatic heterocycles. The van der Waals surface area contributed by atoms with Gasteiger partial charge in [0.05, 0.1) is 23.1 Å². The number of carbonyl (C=O) groups is 2. The fourth-order valence-electron chi connectivity index (χ4n) is 6.40. The van der Waals surface area contributed by atoms with Crippen LogP contribution < -0.4 is 5.73 Å². The Bertz CT molecular complexity index is 1740. The van der Waals surface area contributed by atoms with Gasteiger partial charge in [-0.3, -0.25) is 24.4 Å². The number of ketones is 1. The maximum Gasteiger partial charge on any atom is 0.272 e. The van der Waals surface area contributed by atoms with Crippen LogP contribution in [0.25, 0.3) is 28.2 Å². The number of aryl methyl sites for hydroxylation is 1. The molecule has 7 rings (SSSR count). The molecule has 40 heavy (non-hydrogen) atoms. The van der Waals surface area contributed by atoms with Crippen LogP contribution in [0.5, 0.6) is 0 Å². The van der Waals surface area contributed by atoms with Gasteiger partial charge in [-0.05, 0) is 50.8 Å². The summed E-state index contributed by atoms with van der Waals surface area (Å²) < 4.78 is 3.27. The second-order valence-corrected chi connectivity index (χ2v) is 10.6. The van der Waals surface area contributed by atoms with Gasteiger partial charge in [0, 0.05) is 54.8 Å². The zero-order chi connectivity index (χ0) is 27.5. The van der Waals surface area contributed by atoms with Crippen molar-refractivity contribution in [1.82, 2.24) is 44.5 Å². The summed E-state index contributed by atoms with van der Waals surface area (Å²) in [5, 5.41) is 15.6. The van der Waals surface area contributed by atoms with Crippen molar-refractivity contribution < 1.29 is 9.59 Å². The van der Waals surface area contributed by atoms with Crippen molar-refractivity contribution in [2.75, 3.05) is 5.73 Å². The molecule has 2 unspecified atom stereocenters. The molecule has 2 aliphatic rings. The highest BCUT2D eigenvalue weighted by atomic mass is 16.2. The summed E-state index contributed by atoms with van der Waals surface area (Å²) in [6.45, 7) is 1.51. The number of Topliss-reactive ketones (excluding diaryl/α,β-unsaturated/α-hetero) is 1. The molecule has 0 spiro atoms. The highest BCUT2D eigenvalue weighted by Gasteiger charge is 2.45. The fraction of sp³-hybridized carbons (Fsp3) is 0.321. The summed E-state index contributed by atoms with van der Waals surface area (Å²) in [6, 6.07) is 7.62. The second kappa shape index (κ2) is 9.11. The van der Waals surface area contributed by atoms with Crippen molar-refractivity contribution in [2.45, 2.75) is 50.6 Å². The number of fused-ring (bicyclic) bond motifs is 3. The van der Waals surface area contributed by atoms with E-state index in [1.165, 1.54) is 11.4 Å². The first kappa shape index (κ1) is 24.2. The number of amides is 1. The molecule has 2 saturated heterocycles. The van der Waals surface area contributed by atoms with Crippen LogP contribution in [-0.2, 0) is 7.05 Å². The summed E-state index contributed by atoms with van der Waals surface area (Å²) in [5.74, 6) is 0.0867. The third-order valence-electron chi connectivity index (χ3n) is 8.20. The number of carbonyl (C=O) groups excluding carboxylic acids is 2. The van der Waals surface area contributed by atoms with Gasteiger partial charge in [-0.2, -0.15) is 19.8 Å². The van der Waals surface area contributed by atoms with Crippen molar-refractivity contribution in [3.05, 3.63) is 66.0 Å². The molecule has 12 heteroatoms. The average molecular weight is 537 g/mol. The number of aromatic nitrogens is 8. The largest absolute Gasteiger partial charge is 0.383 e. The number of H-pyrrole nitrogens is 1. The van der Waals surface area contributed by atoms with Crippen LogP contribution in [-0.4, -0.2) is 68.2 Å². The van der Waals surface area contributed by atoms with Gasteiger partial charge in [0.15, 0.2) is 11.4 Å². The van der Waals surface area contributed by atoms with E-state index < -0.39 is 0 Å². The minimum absolute atomic E-state index is 0.0121. The van der Waals surface area contributed by atoms with Crippen LogP contribution in [0.2, 0.25) is 0 Å². The van der Waals surface area contributed by atoms with E-state index in [9.17, 15) is 9.59 Å².